The van der Waals surface area contributed by atoms with Crippen molar-refractivity contribution in [2.75, 3.05) is 32.8 Å². The minimum Gasteiger partial charge on any atom is -0.379 e. The second kappa shape index (κ2) is 7.31. The molecule has 3 rings (SSSR count). The first-order valence-electron chi connectivity index (χ1n) is 7.86. The molecule has 0 bridgehead atoms. The van der Waals surface area contributed by atoms with Gasteiger partial charge in [0, 0.05) is 24.2 Å². The summed E-state index contributed by atoms with van der Waals surface area (Å²) < 4.78 is 5.46. The number of hydrogen-bond donors (Lipinski definition) is 2. The molecule has 1 aliphatic carbocycles. The Balaban J connectivity index is 1.71. The molecule has 5 nitrogen and oxygen atoms in total. The van der Waals surface area contributed by atoms with Crippen molar-refractivity contribution < 1.29 is 4.74 Å². The van der Waals surface area contributed by atoms with Gasteiger partial charge < -0.3 is 15.8 Å². The van der Waals surface area contributed by atoms with E-state index in [9.17, 15) is 0 Å². The summed E-state index contributed by atoms with van der Waals surface area (Å²) in [4.78, 5) is 6.95. The molecule has 0 amide bonds. The highest BCUT2D eigenvalue weighted by atomic mass is 35.5. The number of nitrogens with two attached hydrogens (primary N) is 1. The van der Waals surface area contributed by atoms with Crippen molar-refractivity contribution in [1.29, 1.82) is 0 Å². The van der Waals surface area contributed by atoms with Crippen LogP contribution in [0.3, 0.4) is 0 Å². The maximum atomic E-state index is 6.00. The summed E-state index contributed by atoms with van der Waals surface area (Å²) in [7, 11) is 0. The lowest BCUT2D eigenvalue weighted by atomic mass is 10.0. The number of rotatable bonds is 5. The highest BCUT2D eigenvalue weighted by Crippen LogP contribution is 2.24. The van der Waals surface area contributed by atoms with E-state index in [2.05, 4.69) is 27.3 Å². The zero-order valence-electron chi connectivity index (χ0n) is 12.7. The third-order valence-corrected chi connectivity index (χ3v) is 4.36. The van der Waals surface area contributed by atoms with Crippen LogP contribution in [0.25, 0.3) is 0 Å². The Morgan fingerprint density at radius 1 is 1.32 bits per heavy atom. The molecular weight excluding hydrogens is 300 g/mol. The Hall–Kier alpha value is -1.30. The maximum absolute atomic E-state index is 6.00. The molecule has 2 aliphatic rings. The standard InChI is InChI=1S/C16H23ClN4O/c17-13-3-1-12(2-4-13)15(21-7-9-22-10-8-21)11-19-16(18)20-14-5-6-14/h1-4,14-15H,5-11H2,(H3,18,19,20). The van der Waals surface area contributed by atoms with Gasteiger partial charge >= 0.3 is 0 Å². The minimum absolute atomic E-state index is 0.209. The van der Waals surface area contributed by atoms with Crippen LogP contribution in [0.1, 0.15) is 24.4 Å². The summed E-state index contributed by atoms with van der Waals surface area (Å²) in [6, 6.07) is 8.74. The Kier molecular flexibility index (Phi) is 5.18. The summed E-state index contributed by atoms with van der Waals surface area (Å²) in [5.74, 6) is 0.551. The molecule has 1 atom stereocenters. The molecule has 120 valence electrons. The van der Waals surface area contributed by atoms with Crippen LogP contribution in [-0.2, 0) is 4.74 Å². The number of guanidine groups is 1. The summed E-state index contributed by atoms with van der Waals surface area (Å²) in [5.41, 5.74) is 7.19. The van der Waals surface area contributed by atoms with Gasteiger partial charge in [0.25, 0.3) is 0 Å². The van der Waals surface area contributed by atoms with Gasteiger partial charge in [-0.2, -0.15) is 0 Å². The topological polar surface area (TPSA) is 62.9 Å². The fraction of sp³-hybridized carbons (Fsp3) is 0.562. The first-order valence-corrected chi connectivity index (χ1v) is 8.24. The van der Waals surface area contributed by atoms with Gasteiger partial charge in [-0.05, 0) is 30.5 Å². The molecule has 1 aromatic rings. The number of ether oxygens (including phenoxy) is 1. The number of halogens is 1. The van der Waals surface area contributed by atoms with Gasteiger partial charge in [0.1, 0.15) is 0 Å². The second-order valence-electron chi connectivity index (χ2n) is 5.86. The molecule has 3 N–H and O–H groups in total. The quantitative estimate of drug-likeness (QED) is 0.641. The highest BCUT2D eigenvalue weighted by molar-refractivity contribution is 6.30. The van der Waals surface area contributed by atoms with Crippen LogP contribution in [0.4, 0.5) is 0 Å². The molecule has 1 saturated carbocycles. The smallest absolute Gasteiger partial charge is 0.188 e. The van der Waals surface area contributed by atoms with E-state index in [4.69, 9.17) is 22.1 Å². The van der Waals surface area contributed by atoms with Gasteiger partial charge in [0.05, 0.1) is 25.8 Å². The summed E-state index contributed by atoms with van der Waals surface area (Å²) in [5, 5.41) is 3.99. The molecule has 0 spiro atoms. The van der Waals surface area contributed by atoms with Crippen LogP contribution in [0.2, 0.25) is 5.02 Å². The van der Waals surface area contributed by atoms with E-state index in [0.717, 1.165) is 31.3 Å². The number of morpholine rings is 1. The molecule has 1 aliphatic heterocycles. The molecule has 6 heteroatoms. The first-order chi connectivity index (χ1) is 10.7. The molecule has 0 radical (unpaired) electrons. The van der Waals surface area contributed by atoms with Crippen molar-refractivity contribution in [2.24, 2.45) is 10.7 Å². The van der Waals surface area contributed by atoms with Crippen LogP contribution in [-0.4, -0.2) is 49.7 Å². The Morgan fingerprint density at radius 3 is 2.64 bits per heavy atom. The largest absolute Gasteiger partial charge is 0.379 e. The predicted octanol–water partition coefficient (Wildman–Crippen LogP) is 1.78. The van der Waals surface area contributed by atoms with E-state index in [-0.39, 0.29) is 6.04 Å². The normalized spacial score (nSPS) is 21.6. The second-order valence-corrected chi connectivity index (χ2v) is 6.30. The van der Waals surface area contributed by atoms with E-state index in [1.54, 1.807) is 0 Å². The van der Waals surface area contributed by atoms with E-state index >= 15 is 0 Å². The average molecular weight is 323 g/mol. The van der Waals surface area contributed by atoms with Crippen LogP contribution in [0.15, 0.2) is 29.3 Å². The Labute approximate surface area is 136 Å². The molecule has 1 saturated heterocycles. The SMILES string of the molecule is NC(=NCC(c1ccc(Cl)cc1)N1CCOCC1)NC1CC1. The van der Waals surface area contributed by atoms with Gasteiger partial charge in [-0.25, -0.2) is 0 Å². The van der Waals surface area contributed by atoms with Gasteiger partial charge in [0.2, 0.25) is 0 Å². The van der Waals surface area contributed by atoms with Crippen molar-refractivity contribution in [1.82, 2.24) is 10.2 Å². The van der Waals surface area contributed by atoms with Crippen molar-refractivity contribution in [2.45, 2.75) is 24.9 Å². The first kappa shape index (κ1) is 15.6. The van der Waals surface area contributed by atoms with E-state index < -0.39 is 0 Å². The highest BCUT2D eigenvalue weighted by Gasteiger charge is 2.24. The predicted molar refractivity (Wildman–Crippen MR) is 89.2 cm³/mol. The lowest BCUT2D eigenvalue weighted by Gasteiger charge is -2.34. The summed E-state index contributed by atoms with van der Waals surface area (Å²) in [6.45, 7) is 4.01. The van der Waals surface area contributed by atoms with Gasteiger partial charge in [0.15, 0.2) is 5.96 Å². The third kappa shape index (κ3) is 4.35. The third-order valence-electron chi connectivity index (χ3n) is 4.11. The van der Waals surface area contributed by atoms with Crippen molar-refractivity contribution >= 4 is 17.6 Å². The fourth-order valence-corrected chi connectivity index (χ4v) is 2.80. The lowest BCUT2D eigenvalue weighted by molar-refractivity contribution is 0.0180. The number of hydrogen-bond acceptors (Lipinski definition) is 3. The Bertz CT molecular complexity index is 509. The molecule has 1 heterocycles. The zero-order valence-corrected chi connectivity index (χ0v) is 13.4. The Morgan fingerprint density at radius 2 is 2.00 bits per heavy atom. The van der Waals surface area contributed by atoms with Crippen LogP contribution in [0.5, 0.6) is 0 Å². The van der Waals surface area contributed by atoms with Crippen LogP contribution in [0, 0.1) is 0 Å². The molecule has 1 unspecified atom stereocenters. The van der Waals surface area contributed by atoms with Crippen molar-refractivity contribution in [3.63, 3.8) is 0 Å². The number of nitrogens with one attached hydrogen (secondary N) is 1. The van der Waals surface area contributed by atoms with E-state index in [1.807, 2.05) is 12.1 Å². The van der Waals surface area contributed by atoms with Gasteiger partial charge in [-0.3, -0.25) is 9.89 Å². The molecule has 0 aromatic heterocycles. The molecule has 2 fully saturated rings. The lowest BCUT2D eigenvalue weighted by Crippen LogP contribution is -2.41. The number of aliphatic imine (C=N–C) groups is 1. The molecule has 1 aromatic carbocycles. The average Bonchev–Trinajstić information content (AvgIpc) is 3.34. The number of nitrogens with zero attached hydrogens (tertiary/aromatic N) is 2. The summed E-state index contributed by atoms with van der Waals surface area (Å²) >= 11 is 6.00. The summed E-state index contributed by atoms with van der Waals surface area (Å²) in [6.07, 6.45) is 2.39. The maximum Gasteiger partial charge on any atom is 0.188 e. The van der Waals surface area contributed by atoms with Gasteiger partial charge in [-0.15, -0.1) is 0 Å². The number of benzene rings is 1. The van der Waals surface area contributed by atoms with Crippen LogP contribution < -0.4 is 11.1 Å². The van der Waals surface area contributed by atoms with Crippen molar-refractivity contribution in [3.05, 3.63) is 34.9 Å². The molecular formula is C16H23ClN4O. The van der Waals surface area contributed by atoms with Crippen LogP contribution >= 0.6 is 11.6 Å². The molecule has 22 heavy (non-hydrogen) atoms. The minimum atomic E-state index is 0.209. The van der Waals surface area contributed by atoms with E-state index in [1.165, 1.54) is 18.4 Å². The van der Waals surface area contributed by atoms with E-state index in [0.29, 0.717) is 18.5 Å². The zero-order chi connectivity index (χ0) is 15.4. The monoisotopic (exact) mass is 322 g/mol. The fourth-order valence-electron chi connectivity index (χ4n) is 2.67. The van der Waals surface area contributed by atoms with Crippen molar-refractivity contribution in [3.8, 4) is 0 Å². The van der Waals surface area contributed by atoms with Gasteiger partial charge in [-0.1, -0.05) is 23.7 Å².